The van der Waals surface area contributed by atoms with E-state index in [0.29, 0.717) is 11.3 Å². The van der Waals surface area contributed by atoms with Gasteiger partial charge in [-0.1, -0.05) is 50.1 Å². The van der Waals surface area contributed by atoms with Gasteiger partial charge >= 0.3 is 5.97 Å². The van der Waals surface area contributed by atoms with Gasteiger partial charge in [-0.25, -0.2) is 4.79 Å². The summed E-state index contributed by atoms with van der Waals surface area (Å²) in [5.41, 5.74) is 1.51. The summed E-state index contributed by atoms with van der Waals surface area (Å²) in [7, 11) is 0. The van der Waals surface area contributed by atoms with Gasteiger partial charge in [0.25, 0.3) is 0 Å². The first kappa shape index (κ1) is 16.8. The van der Waals surface area contributed by atoms with E-state index in [1.807, 2.05) is 18.2 Å². The highest BCUT2D eigenvalue weighted by Crippen LogP contribution is 2.09. The quantitative estimate of drug-likeness (QED) is 0.795. The maximum atomic E-state index is 10.7. The van der Waals surface area contributed by atoms with Crippen LogP contribution in [0.1, 0.15) is 42.1 Å². The van der Waals surface area contributed by atoms with Crippen molar-refractivity contribution in [2.24, 2.45) is 0 Å². The van der Waals surface area contributed by atoms with Crippen molar-refractivity contribution in [1.82, 2.24) is 0 Å². The van der Waals surface area contributed by atoms with Crippen LogP contribution in [0.5, 0.6) is 5.75 Å². The molecule has 0 amide bonds. The van der Waals surface area contributed by atoms with E-state index in [4.69, 9.17) is 10.2 Å². The summed E-state index contributed by atoms with van der Waals surface area (Å²) < 4.78 is 0. The highest BCUT2D eigenvalue weighted by atomic mass is 16.4. The molecular formula is C18H22O3. The molecule has 0 saturated heterocycles. The van der Waals surface area contributed by atoms with E-state index in [2.05, 4.69) is 6.92 Å². The number of carboxylic acids is 1. The maximum Gasteiger partial charge on any atom is 0.335 e. The van der Waals surface area contributed by atoms with Crippen LogP contribution in [-0.2, 0) is 6.42 Å². The summed E-state index contributed by atoms with van der Waals surface area (Å²) in [6, 6.07) is 15.9. The fourth-order valence-electron chi connectivity index (χ4n) is 1.87. The van der Waals surface area contributed by atoms with Crippen LogP contribution in [0.4, 0.5) is 0 Å². The van der Waals surface area contributed by atoms with Crippen molar-refractivity contribution in [3.05, 3.63) is 65.7 Å². The number of rotatable bonds is 5. The van der Waals surface area contributed by atoms with E-state index in [-0.39, 0.29) is 0 Å². The molecule has 0 heterocycles. The van der Waals surface area contributed by atoms with Crippen LogP contribution in [0.15, 0.2) is 54.6 Å². The third kappa shape index (κ3) is 7.16. The molecule has 0 radical (unpaired) electrons. The standard InChI is InChI=1S/C12H16O2.C6H6O/c1-2-3-4-6-10-7-5-8-11(9-10)12(13)14;7-6-4-2-1-3-5-6/h5,7-9H,2-4,6H2,1H3,(H,13,14);1-5,7H. The number of benzene rings is 2. The van der Waals surface area contributed by atoms with E-state index in [0.717, 1.165) is 18.4 Å². The predicted molar refractivity (Wildman–Crippen MR) is 84.7 cm³/mol. The molecule has 2 N–H and O–H groups in total. The summed E-state index contributed by atoms with van der Waals surface area (Å²) in [5.74, 6) is -0.523. The molecule has 112 valence electrons. The van der Waals surface area contributed by atoms with Crippen molar-refractivity contribution in [1.29, 1.82) is 0 Å². The van der Waals surface area contributed by atoms with Crippen LogP contribution in [0.3, 0.4) is 0 Å². The summed E-state index contributed by atoms with van der Waals surface area (Å²) in [6.07, 6.45) is 4.52. The highest BCUT2D eigenvalue weighted by molar-refractivity contribution is 5.87. The van der Waals surface area contributed by atoms with Crippen molar-refractivity contribution in [3.8, 4) is 5.75 Å². The van der Waals surface area contributed by atoms with Gasteiger partial charge in [-0.2, -0.15) is 0 Å². The number of hydrogen-bond acceptors (Lipinski definition) is 2. The number of carboxylic acid groups (broad SMARTS) is 1. The molecule has 2 aromatic carbocycles. The number of aromatic carboxylic acids is 1. The van der Waals surface area contributed by atoms with Gasteiger partial charge in [0.1, 0.15) is 5.75 Å². The molecule has 0 spiro atoms. The molecule has 2 rings (SSSR count). The van der Waals surface area contributed by atoms with Crippen molar-refractivity contribution in [2.75, 3.05) is 0 Å². The molecule has 0 aliphatic rings. The second kappa shape index (κ2) is 9.59. The summed E-state index contributed by atoms with van der Waals surface area (Å²) in [6.45, 7) is 2.16. The van der Waals surface area contributed by atoms with Gasteiger partial charge in [-0.15, -0.1) is 0 Å². The highest BCUT2D eigenvalue weighted by Gasteiger charge is 2.02. The largest absolute Gasteiger partial charge is 0.508 e. The Morgan fingerprint density at radius 3 is 2.24 bits per heavy atom. The molecule has 0 saturated carbocycles. The van der Waals surface area contributed by atoms with Crippen LogP contribution >= 0.6 is 0 Å². The maximum absolute atomic E-state index is 10.7. The number of unbranched alkanes of at least 4 members (excludes halogenated alkanes) is 2. The van der Waals surface area contributed by atoms with Crippen LogP contribution in [-0.4, -0.2) is 16.2 Å². The minimum atomic E-state index is -0.845. The second-order valence-electron chi connectivity index (χ2n) is 4.80. The topological polar surface area (TPSA) is 57.5 Å². The van der Waals surface area contributed by atoms with Gasteiger partial charge in [0.05, 0.1) is 5.56 Å². The Kier molecular flexibility index (Phi) is 7.65. The lowest BCUT2D eigenvalue weighted by atomic mass is 10.0. The average Bonchev–Trinajstić information content (AvgIpc) is 2.49. The van der Waals surface area contributed by atoms with Crippen LogP contribution < -0.4 is 0 Å². The first-order chi connectivity index (χ1) is 10.1. The Morgan fingerprint density at radius 2 is 1.71 bits per heavy atom. The van der Waals surface area contributed by atoms with E-state index >= 15 is 0 Å². The number of phenols is 1. The zero-order valence-corrected chi connectivity index (χ0v) is 12.3. The van der Waals surface area contributed by atoms with Gasteiger partial charge in [0.2, 0.25) is 0 Å². The van der Waals surface area contributed by atoms with Crippen LogP contribution in [0, 0.1) is 0 Å². The lowest BCUT2D eigenvalue weighted by molar-refractivity contribution is 0.0696. The fourth-order valence-corrected chi connectivity index (χ4v) is 1.87. The van der Waals surface area contributed by atoms with E-state index in [9.17, 15) is 4.79 Å². The SMILES string of the molecule is CCCCCc1cccc(C(=O)O)c1.Oc1ccccc1. The zero-order valence-electron chi connectivity index (χ0n) is 12.3. The number of carbonyl (C=O) groups is 1. The Balaban J connectivity index is 0.000000262. The smallest absolute Gasteiger partial charge is 0.335 e. The number of para-hydroxylation sites is 1. The number of phenolic OH excluding ortho intramolecular Hbond substituents is 1. The third-order valence-electron chi connectivity index (χ3n) is 3.00. The molecule has 21 heavy (non-hydrogen) atoms. The summed E-state index contributed by atoms with van der Waals surface area (Å²) >= 11 is 0. The molecular weight excluding hydrogens is 264 g/mol. The molecule has 0 aliphatic heterocycles. The molecule has 3 nitrogen and oxygen atoms in total. The normalized spacial score (nSPS) is 9.57. The zero-order chi connectivity index (χ0) is 15.5. The van der Waals surface area contributed by atoms with Crippen molar-refractivity contribution in [3.63, 3.8) is 0 Å². The molecule has 0 aromatic heterocycles. The second-order valence-corrected chi connectivity index (χ2v) is 4.80. The van der Waals surface area contributed by atoms with Crippen molar-refractivity contribution in [2.45, 2.75) is 32.6 Å². The van der Waals surface area contributed by atoms with E-state index < -0.39 is 5.97 Å². The Hall–Kier alpha value is -2.29. The fraction of sp³-hybridized carbons (Fsp3) is 0.278. The molecule has 0 atom stereocenters. The predicted octanol–water partition coefficient (Wildman–Crippen LogP) is 4.51. The van der Waals surface area contributed by atoms with Crippen molar-refractivity contribution < 1.29 is 15.0 Å². The van der Waals surface area contributed by atoms with Gasteiger partial charge in [0, 0.05) is 0 Å². The third-order valence-corrected chi connectivity index (χ3v) is 3.00. The molecule has 2 aromatic rings. The van der Waals surface area contributed by atoms with Crippen molar-refractivity contribution >= 4 is 5.97 Å². The molecule has 0 unspecified atom stereocenters. The molecule has 3 heteroatoms. The number of aromatic hydroxyl groups is 1. The Labute approximate surface area is 125 Å². The minimum absolute atomic E-state index is 0.322. The van der Waals surface area contributed by atoms with Gasteiger partial charge in [-0.3, -0.25) is 0 Å². The number of hydrogen-bond donors (Lipinski definition) is 2. The minimum Gasteiger partial charge on any atom is -0.508 e. The summed E-state index contributed by atoms with van der Waals surface area (Å²) in [4.78, 5) is 10.7. The number of aryl methyl sites for hydroxylation is 1. The lowest BCUT2D eigenvalue weighted by Gasteiger charge is -2.01. The first-order valence-corrected chi connectivity index (χ1v) is 7.19. The lowest BCUT2D eigenvalue weighted by Crippen LogP contribution is -1.97. The van der Waals surface area contributed by atoms with E-state index in [1.165, 1.54) is 12.8 Å². The first-order valence-electron chi connectivity index (χ1n) is 7.19. The van der Waals surface area contributed by atoms with Gasteiger partial charge in [-0.05, 0) is 42.7 Å². The Morgan fingerprint density at radius 1 is 1.00 bits per heavy atom. The average molecular weight is 286 g/mol. The Bertz CT molecular complexity index is 535. The monoisotopic (exact) mass is 286 g/mol. The van der Waals surface area contributed by atoms with Crippen LogP contribution in [0.25, 0.3) is 0 Å². The van der Waals surface area contributed by atoms with Gasteiger partial charge < -0.3 is 10.2 Å². The van der Waals surface area contributed by atoms with E-state index in [1.54, 1.807) is 36.4 Å². The molecule has 0 bridgehead atoms. The molecule has 0 aliphatic carbocycles. The van der Waals surface area contributed by atoms with Gasteiger partial charge in [0.15, 0.2) is 0 Å². The summed E-state index contributed by atoms with van der Waals surface area (Å²) in [5, 5.41) is 17.4. The molecule has 0 fully saturated rings. The van der Waals surface area contributed by atoms with Crippen LogP contribution in [0.2, 0.25) is 0 Å².